The molecular weight excluding hydrogens is 182 g/mol. The lowest BCUT2D eigenvalue weighted by Crippen LogP contribution is -1.80. The van der Waals surface area contributed by atoms with Gasteiger partial charge in [-0.25, -0.2) is 4.21 Å². The molecule has 0 saturated heterocycles. The van der Waals surface area contributed by atoms with Crippen molar-refractivity contribution < 1.29 is 4.21 Å². The van der Waals surface area contributed by atoms with E-state index in [1.807, 2.05) is 6.07 Å². The Kier molecular flexibility index (Phi) is 2.64. The Balaban J connectivity index is 3.03. The lowest BCUT2D eigenvalue weighted by atomic mass is 10.2. The molecule has 0 aliphatic heterocycles. The molecule has 1 aromatic carbocycles. The molecule has 0 aromatic heterocycles. The molecule has 4 heteroatoms. The van der Waals surface area contributed by atoms with Gasteiger partial charge in [-0.15, -0.1) is 0 Å². The summed E-state index contributed by atoms with van der Waals surface area (Å²) in [7, 11) is 3.81. The Morgan fingerprint density at radius 3 is 2.27 bits per heavy atom. The highest BCUT2D eigenvalue weighted by molar-refractivity contribution is 8.08. The van der Waals surface area contributed by atoms with Crippen LogP contribution in [0.25, 0.3) is 0 Å². The van der Waals surface area contributed by atoms with Crippen molar-refractivity contribution in [2.45, 2.75) is 4.90 Å². The van der Waals surface area contributed by atoms with E-state index in [1.54, 1.807) is 24.3 Å². The summed E-state index contributed by atoms with van der Waals surface area (Å²) in [5.74, 6) is 0. The van der Waals surface area contributed by atoms with Crippen LogP contribution >= 0.6 is 10.7 Å². The molecule has 0 bridgehead atoms. The van der Waals surface area contributed by atoms with E-state index in [0.29, 0.717) is 10.5 Å². The van der Waals surface area contributed by atoms with Gasteiger partial charge in [0, 0.05) is 0 Å². The monoisotopic (exact) mass is 185 g/mol. The number of benzene rings is 1. The van der Waals surface area contributed by atoms with Crippen LogP contribution in [0, 0.1) is 11.3 Å². The molecule has 1 unspecified atom stereocenters. The average molecular weight is 186 g/mol. The van der Waals surface area contributed by atoms with Crippen molar-refractivity contribution in [1.29, 1.82) is 5.26 Å². The van der Waals surface area contributed by atoms with Gasteiger partial charge in [0.2, 0.25) is 0 Å². The number of hydrogen-bond donors (Lipinski definition) is 0. The predicted octanol–water partition coefficient (Wildman–Crippen LogP) is 1.82. The summed E-state index contributed by atoms with van der Waals surface area (Å²) in [4.78, 5) is 0.519. The van der Waals surface area contributed by atoms with E-state index in [9.17, 15) is 4.21 Å². The summed E-state index contributed by atoms with van der Waals surface area (Å²) in [6.07, 6.45) is 0. The second-order valence-electron chi connectivity index (χ2n) is 1.86. The van der Waals surface area contributed by atoms with Gasteiger partial charge in [-0.05, 0) is 34.9 Å². The molecule has 0 heterocycles. The quantitative estimate of drug-likeness (QED) is 0.627. The molecular formula is C7H4ClNOS. The van der Waals surface area contributed by atoms with Crippen molar-refractivity contribution in [3.05, 3.63) is 29.8 Å². The number of halogens is 1. The first kappa shape index (κ1) is 8.25. The van der Waals surface area contributed by atoms with E-state index < -0.39 is 10.0 Å². The molecule has 0 radical (unpaired) electrons. The minimum Gasteiger partial charge on any atom is -0.237 e. The highest BCUT2D eigenvalue weighted by Gasteiger charge is 1.97. The van der Waals surface area contributed by atoms with Gasteiger partial charge in [-0.1, -0.05) is 0 Å². The molecule has 0 spiro atoms. The number of hydrogen-bond acceptors (Lipinski definition) is 2. The van der Waals surface area contributed by atoms with Gasteiger partial charge in [0.15, 0.2) is 0 Å². The molecule has 0 aliphatic rings. The second-order valence-corrected chi connectivity index (χ2v) is 3.62. The van der Waals surface area contributed by atoms with Crippen molar-refractivity contribution in [1.82, 2.24) is 0 Å². The predicted molar refractivity (Wildman–Crippen MR) is 43.4 cm³/mol. The van der Waals surface area contributed by atoms with Crippen LogP contribution in [0.4, 0.5) is 0 Å². The maximum Gasteiger partial charge on any atom is 0.147 e. The number of nitrogens with zero attached hydrogens (tertiary/aromatic N) is 1. The van der Waals surface area contributed by atoms with Gasteiger partial charge >= 0.3 is 0 Å². The molecule has 0 N–H and O–H groups in total. The molecule has 1 rings (SSSR count). The standard InChI is InChI=1S/C7H4ClNOS/c8-11(10)7-3-1-6(5-9)2-4-7/h1-4H. The van der Waals surface area contributed by atoms with Crippen LogP contribution in [0.3, 0.4) is 0 Å². The van der Waals surface area contributed by atoms with Crippen LogP contribution in [0.15, 0.2) is 29.2 Å². The first-order chi connectivity index (χ1) is 5.24. The zero-order chi connectivity index (χ0) is 8.27. The lowest BCUT2D eigenvalue weighted by Gasteiger charge is -1.91. The van der Waals surface area contributed by atoms with E-state index in [1.165, 1.54) is 0 Å². The SMILES string of the molecule is N#Cc1ccc(S(=O)Cl)cc1. The van der Waals surface area contributed by atoms with Crippen molar-refractivity contribution >= 4 is 20.7 Å². The summed E-state index contributed by atoms with van der Waals surface area (Å²) >= 11 is 0. The smallest absolute Gasteiger partial charge is 0.147 e. The fourth-order valence-electron chi connectivity index (χ4n) is 0.636. The zero-order valence-corrected chi connectivity index (χ0v) is 7.02. The summed E-state index contributed by atoms with van der Waals surface area (Å²) in [6, 6.07) is 8.25. The maximum atomic E-state index is 10.6. The van der Waals surface area contributed by atoms with Gasteiger partial charge in [0.05, 0.1) is 16.5 Å². The third-order valence-electron chi connectivity index (χ3n) is 1.17. The van der Waals surface area contributed by atoms with Crippen molar-refractivity contribution in [3.63, 3.8) is 0 Å². The zero-order valence-electron chi connectivity index (χ0n) is 5.45. The molecule has 0 aliphatic carbocycles. The lowest BCUT2D eigenvalue weighted by molar-refractivity contribution is 0.691. The van der Waals surface area contributed by atoms with E-state index >= 15 is 0 Å². The maximum absolute atomic E-state index is 10.6. The second kappa shape index (κ2) is 3.51. The Morgan fingerprint density at radius 2 is 1.91 bits per heavy atom. The summed E-state index contributed by atoms with van der Waals surface area (Å²) < 4.78 is 10.6. The van der Waals surface area contributed by atoms with Crippen LogP contribution < -0.4 is 0 Å². The minimum absolute atomic E-state index is 0.519. The van der Waals surface area contributed by atoms with Crippen LogP contribution in [-0.4, -0.2) is 4.21 Å². The molecule has 11 heavy (non-hydrogen) atoms. The van der Waals surface area contributed by atoms with E-state index in [-0.39, 0.29) is 0 Å². The third-order valence-corrected chi connectivity index (χ3v) is 2.35. The van der Waals surface area contributed by atoms with Crippen LogP contribution in [0.5, 0.6) is 0 Å². The average Bonchev–Trinajstić information content (AvgIpc) is 2.05. The largest absolute Gasteiger partial charge is 0.237 e. The molecule has 1 aromatic rings. The van der Waals surface area contributed by atoms with Crippen molar-refractivity contribution in [2.24, 2.45) is 0 Å². The Labute approximate surface area is 71.4 Å². The van der Waals surface area contributed by atoms with Crippen molar-refractivity contribution in [3.8, 4) is 6.07 Å². The van der Waals surface area contributed by atoms with Crippen molar-refractivity contribution in [2.75, 3.05) is 0 Å². The van der Waals surface area contributed by atoms with Gasteiger partial charge in [-0.2, -0.15) is 5.26 Å². The van der Waals surface area contributed by atoms with Gasteiger partial charge in [0.25, 0.3) is 0 Å². The minimum atomic E-state index is -1.48. The highest BCUT2D eigenvalue weighted by Crippen LogP contribution is 2.10. The van der Waals surface area contributed by atoms with Gasteiger partial charge in [-0.3, -0.25) is 0 Å². The summed E-state index contributed by atoms with van der Waals surface area (Å²) in [6.45, 7) is 0. The Morgan fingerprint density at radius 1 is 1.36 bits per heavy atom. The number of rotatable bonds is 1. The highest BCUT2D eigenvalue weighted by atomic mass is 35.7. The van der Waals surface area contributed by atoms with E-state index in [0.717, 1.165) is 0 Å². The first-order valence-corrected chi connectivity index (χ1v) is 4.80. The van der Waals surface area contributed by atoms with Gasteiger partial charge in [0.1, 0.15) is 10.0 Å². The van der Waals surface area contributed by atoms with Gasteiger partial charge < -0.3 is 0 Å². The first-order valence-electron chi connectivity index (χ1n) is 2.82. The molecule has 56 valence electrons. The molecule has 2 nitrogen and oxygen atoms in total. The molecule has 0 fully saturated rings. The third kappa shape index (κ3) is 2.04. The van der Waals surface area contributed by atoms with Crippen LogP contribution in [0.1, 0.15) is 5.56 Å². The fraction of sp³-hybridized carbons (Fsp3) is 0. The number of nitriles is 1. The van der Waals surface area contributed by atoms with E-state index in [2.05, 4.69) is 0 Å². The summed E-state index contributed by atoms with van der Waals surface area (Å²) in [5.41, 5.74) is 0.538. The fourth-order valence-corrected chi connectivity index (χ4v) is 1.30. The van der Waals surface area contributed by atoms with Crippen LogP contribution in [-0.2, 0) is 10.0 Å². The summed E-state index contributed by atoms with van der Waals surface area (Å²) in [5, 5.41) is 8.41. The molecule has 0 amide bonds. The van der Waals surface area contributed by atoms with E-state index in [4.69, 9.17) is 15.9 Å². The Hall–Kier alpha value is -0.850. The topological polar surface area (TPSA) is 40.9 Å². The molecule has 0 saturated carbocycles. The normalized spacial score (nSPS) is 12.0. The Bertz CT molecular complexity index is 314. The van der Waals surface area contributed by atoms with Crippen LogP contribution in [0.2, 0.25) is 0 Å². The molecule has 1 atom stereocenters.